The van der Waals surface area contributed by atoms with Gasteiger partial charge in [0.25, 0.3) is 0 Å². The molecule has 8 nitrogen and oxygen atoms in total. The maximum absolute atomic E-state index is 12.7. The number of aromatic nitrogens is 4. The zero-order chi connectivity index (χ0) is 16.4. The third kappa shape index (κ3) is 3.18. The fourth-order valence-corrected chi connectivity index (χ4v) is 4.22. The number of likely N-dealkylation sites (tertiary alicyclic amines) is 1. The largest absolute Gasteiger partial charge is 0.467 e. The van der Waals surface area contributed by atoms with Crippen molar-refractivity contribution in [1.29, 1.82) is 0 Å². The first kappa shape index (κ1) is 15.6. The Bertz CT molecular complexity index is 683. The topological polar surface area (TPSA) is 86.3 Å². The van der Waals surface area contributed by atoms with Crippen LogP contribution < -0.4 is 0 Å². The molecule has 2 aromatic heterocycles. The highest BCUT2D eigenvalue weighted by molar-refractivity contribution is 8.00. The second-order valence-electron chi connectivity index (χ2n) is 5.97. The highest BCUT2D eigenvalue weighted by Crippen LogP contribution is 2.32. The molecule has 2 aliphatic rings. The van der Waals surface area contributed by atoms with E-state index in [0.29, 0.717) is 17.7 Å². The molecule has 2 aliphatic heterocycles. The van der Waals surface area contributed by atoms with E-state index >= 15 is 0 Å². The third-order valence-corrected chi connectivity index (χ3v) is 5.68. The summed E-state index contributed by atoms with van der Waals surface area (Å²) in [6, 6.07) is 4.03. The normalized spacial score (nSPS) is 22.4. The van der Waals surface area contributed by atoms with E-state index in [1.807, 2.05) is 17.0 Å². The van der Waals surface area contributed by atoms with Crippen LogP contribution in [0.25, 0.3) is 0 Å². The number of hydrogen-bond donors (Lipinski definition) is 0. The number of thioether (sulfide) groups is 1. The number of rotatable bonds is 5. The van der Waals surface area contributed by atoms with Crippen LogP contribution in [-0.2, 0) is 16.1 Å². The molecule has 1 amide bonds. The lowest BCUT2D eigenvalue weighted by atomic mass is 10.1. The molecule has 0 spiro atoms. The van der Waals surface area contributed by atoms with Gasteiger partial charge in [-0.2, -0.15) is 0 Å². The summed E-state index contributed by atoms with van der Waals surface area (Å²) >= 11 is 1.44. The molecule has 4 rings (SSSR count). The predicted molar refractivity (Wildman–Crippen MR) is 85.4 cm³/mol. The maximum Gasteiger partial charge on any atom is 0.236 e. The summed E-state index contributed by atoms with van der Waals surface area (Å²) in [7, 11) is 0. The van der Waals surface area contributed by atoms with Crippen molar-refractivity contribution in [1.82, 2.24) is 25.1 Å². The number of hydrogen-bond acceptors (Lipinski definition) is 7. The summed E-state index contributed by atoms with van der Waals surface area (Å²) in [6.07, 6.45) is 4.31. The van der Waals surface area contributed by atoms with Crippen molar-refractivity contribution in [2.24, 2.45) is 0 Å². The molecular weight excluding hydrogens is 330 g/mol. The van der Waals surface area contributed by atoms with Crippen LogP contribution in [0.5, 0.6) is 0 Å². The SMILES string of the molecule is O=C1[C@@H](Sc2nnnn2Cc2ccco2)CCN1C1CCOCC1. The number of amides is 1. The Labute approximate surface area is 143 Å². The van der Waals surface area contributed by atoms with E-state index in [9.17, 15) is 4.79 Å². The average molecular weight is 349 g/mol. The Balaban J connectivity index is 1.41. The Morgan fingerprint density at radius 3 is 2.96 bits per heavy atom. The van der Waals surface area contributed by atoms with Gasteiger partial charge in [-0.05, 0) is 41.8 Å². The lowest BCUT2D eigenvalue weighted by Crippen LogP contribution is -2.41. The number of nitrogens with zero attached hydrogens (tertiary/aromatic N) is 5. The monoisotopic (exact) mass is 349 g/mol. The molecule has 2 aromatic rings. The minimum atomic E-state index is -0.116. The molecule has 1 atom stereocenters. The van der Waals surface area contributed by atoms with E-state index in [0.717, 1.165) is 44.8 Å². The van der Waals surface area contributed by atoms with Crippen LogP contribution in [0, 0.1) is 0 Å². The first-order chi connectivity index (χ1) is 11.8. The molecule has 4 heterocycles. The highest BCUT2D eigenvalue weighted by atomic mass is 32.2. The van der Waals surface area contributed by atoms with Crippen molar-refractivity contribution in [3.05, 3.63) is 24.2 Å². The van der Waals surface area contributed by atoms with Crippen LogP contribution in [0.15, 0.2) is 28.0 Å². The number of ether oxygens (including phenoxy) is 1. The van der Waals surface area contributed by atoms with Crippen molar-refractivity contribution in [2.45, 2.75) is 42.3 Å². The smallest absolute Gasteiger partial charge is 0.236 e. The fraction of sp³-hybridized carbons (Fsp3) is 0.600. The first-order valence-electron chi connectivity index (χ1n) is 8.14. The summed E-state index contributed by atoms with van der Waals surface area (Å²) in [5.74, 6) is 0.977. The fourth-order valence-electron chi connectivity index (χ4n) is 3.20. The van der Waals surface area contributed by atoms with Gasteiger partial charge < -0.3 is 14.1 Å². The van der Waals surface area contributed by atoms with E-state index in [1.165, 1.54) is 11.8 Å². The van der Waals surface area contributed by atoms with Gasteiger partial charge in [-0.1, -0.05) is 11.8 Å². The van der Waals surface area contributed by atoms with Crippen LogP contribution in [0.2, 0.25) is 0 Å². The summed E-state index contributed by atoms with van der Waals surface area (Å²) in [6.45, 7) is 2.76. The van der Waals surface area contributed by atoms with Gasteiger partial charge in [0, 0.05) is 25.8 Å². The lowest BCUT2D eigenvalue weighted by Gasteiger charge is -2.31. The van der Waals surface area contributed by atoms with E-state index in [4.69, 9.17) is 9.15 Å². The third-order valence-electron chi connectivity index (χ3n) is 4.45. The number of furan rings is 1. The van der Waals surface area contributed by atoms with E-state index < -0.39 is 0 Å². The molecule has 0 radical (unpaired) electrons. The Hall–Kier alpha value is -1.87. The number of tetrazole rings is 1. The molecule has 2 fully saturated rings. The molecule has 0 aromatic carbocycles. The quantitative estimate of drug-likeness (QED) is 0.801. The summed E-state index contributed by atoms with van der Waals surface area (Å²) in [5, 5.41) is 12.3. The molecule has 9 heteroatoms. The van der Waals surface area contributed by atoms with Crippen molar-refractivity contribution in [3.8, 4) is 0 Å². The van der Waals surface area contributed by atoms with Crippen molar-refractivity contribution in [2.75, 3.05) is 19.8 Å². The van der Waals surface area contributed by atoms with Crippen LogP contribution >= 0.6 is 11.8 Å². The van der Waals surface area contributed by atoms with Gasteiger partial charge in [-0.25, -0.2) is 4.68 Å². The molecule has 128 valence electrons. The molecular formula is C15H19N5O3S. The molecule has 0 aliphatic carbocycles. The van der Waals surface area contributed by atoms with Crippen LogP contribution in [0.1, 0.15) is 25.0 Å². The predicted octanol–water partition coefficient (Wildman–Crippen LogP) is 1.19. The summed E-state index contributed by atoms with van der Waals surface area (Å²) in [5.41, 5.74) is 0. The van der Waals surface area contributed by atoms with E-state index in [2.05, 4.69) is 15.5 Å². The molecule has 0 N–H and O–H groups in total. The van der Waals surface area contributed by atoms with E-state index in [1.54, 1.807) is 10.9 Å². The van der Waals surface area contributed by atoms with Crippen molar-refractivity contribution >= 4 is 17.7 Å². The minimum absolute atomic E-state index is 0.116. The second-order valence-corrected chi connectivity index (χ2v) is 7.14. The molecule has 0 unspecified atom stereocenters. The first-order valence-corrected chi connectivity index (χ1v) is 9.02. The van der Waals surface area contributed by atoms with Crippen LogP contribution in [0.4, 0.5) is 0 Å². The van der Waals surface area contributed by atoms with E-state index in [-0.39, 0.29) is 11.2 Å². The zero-order valence-electron chi connectivity index (χ0n) is 13.2. The van der Waals surface area contributed by atoms with Crippen LogP contribution in [0.3, 0.4) is 0 Å². The lowest BCUT2D eigenvalue weighted by molar-refractivity contribution is -0.130. The number of carbonyl (C=O) groups excluding carboxylic acids is 1. The maximum atomic E-state index is 12.7. The molecule has 0 bridgehead atoms. The minimum Gasteiger partial charge on any atom is -0.467 e. The van der Waals surface area contributed by atoms with Crippen LogP contribution in [-0.4, -0.2) is 62.1 Å². The van der Waals surface area contributed by atoms with Gasteiger partial charge in [0.1, 0.15) is 12.3 Å². The Morgan fingerprint density at radius 2 is 2.17 bits per heavy atom. The second kappa shape index (κ2) is 6.94. The van der Waals surface area contributed by atoms with Gasteiger partial charge in [-0.3, -0.25) is 4.79 Å². The standard InChI is InChI=1S/C15H19N5O3S/c21-14-13(3-6-19(14)11-4-8-22-9-5-11)24-15-16-17-18-20(15)10-12-2-1-7-23-12/h1-2,7,11,13H,3-6,8-10H2/t13-/m0/s1. The van der Waals surface area contributed by atoms with Gasteiger partial charge in [-0.15, -0.1) is 5.10 Å². The molecule has 24 heavy (non-hydrogen) atoms. The van der Waals surface area contributed by atoms with Gasteiger partial charge in [0.05, 0.1) is 11.5 Å². The Morgan fingerprint density at radius 1 is 1.29 bits per heavy atom. The van der Waals surface area contributed by atoms with Gasteiger partial charge >= 0.3 is 0 Å². The molecule has 2 saturated heterocycles. The molecule has 0 saturated carbocycles. The van der Waals surface area contributed by atoms with Crippen molar-refractivity contribution < 1.29 is 13.9 Å². The average Bonchev–Trinajstić information content (AvgIpc) is 3.34. The number of carbonyl (C=O) groups is 1. The Kier molecular flexibility index (Phi) is 4.52. The van der Waals surface area contributed by atoms with Crippen molar-refractivity contribution in [3.63, 3.8) is 0 Å². The summed E-state index contributed by atoms with van der Waals surface area (Å²) in [4.78, 5) is 14.7. The van der Waals surface area contributed by atoms with Gasteiger partial charge in [0.2, 0.25) is 11.1 Å². The van der Waals surface area contributed by atoms with Gasteiger partial charge in [0.15, 0.2) is 0 Å². The zero-order valence-corrected chi connectivity index (χ0v) is 14.0. The summed E-state index contributed by atoms with van der Waals surface area (Å²) < 4.78 is 12.4. The highest BCUT2D eigenvalue weighted by Gasteiger charge is 2.37.